The molecule has 0 saturated heterocycles. The summed E-state index contributed by atoms with van der Waals surface area (Å²) in [5.41, 5.74) is 4.16. The highest BCUT2D eigenvalue weighted by atomic mass is 35.5. The number of rotatable bonds is 4. The summed E-state index contributed by atoms with van der Waals surface area (Å²) in [4.78, 5) is 25.8. The van der Waals surface area contributed by atoms with Gasteiger partial charge in [-0.2, -0.15) is 4.98 Å². The van der Waals surface area contributed by atoms with Crippen LogP contribution in [0.2, 0.25) is 10.0 Å². The number of carbonyl (C=O) groups excluding carboxylic acids is 1. The van der Waals surface area contributed by atoms with Crippen LogP contribution >= 0.6 is 23.2 Å². The molecule has 2 aliphatic heterocycles. The highest BCUT2D eigenvalue weighted by Gasteiger charge is 2.36. The quantitative estimate of drug-likeness (QED) is 0.461. The van der Waals surface area contributed by atoms with Crippen molar-refractivity contribution < 1.29 is 9.53 Å². The number of aromatic nitrogens is 2. The van der Waals surface area contributed by atoms with Crippen LogP contribution in [0.4, 0.5) is 17.3 Å². The maximum Gasteiger partial charge on any atom is 0.268 e. The number of nitrogens with zero attached hydrogens (tertiary/aromatic N) is 4. The minimum atomic E-state index is -0.321. The molecule has 7 nitrogen and oxygen atoms in total. The Morgan fingerprint density at radius 1 is 1.14 bits per heavy atom. The summed E-state index contributed by atoms with van der Waals surface area (Å²) in [7, 11) is 0. The van der Waals surface area contributed by atoms with Crippen LogP contribution in [0.5, 0.6) is 5.88 Å². The fraction of sp³-hybridized carbons (Fsp3) is 0.346. The van der Waals surface area contributed by atoms with E-state index in [0.29, 0.717) is 27.7 Å². The molecule has 0 fully saturated rings. The molecule has 2 aliphatic rings. The van der Waals surface area contributed by atoms with Gasteiger partial charge >= 0.3 is 0 Å². The Balaban J connectivity index is 1.38. The molecule has 0 atom stereocenters. The van der Waals surface area contributed by atoms with E-state index < -0.39 is 0 Å². The lowest BCUT2D eigenvalue weighted by Gasteiger charge is -2.46. The lowest BCUT2D eigenvalue weighted by Crippen LogP contribution is -2.50. The number of hydrogen-bond acceptors (Lipinski definition) is 6. The first-order valence-corrected chi connectivity index (χ1v) is 12.4. The standard InChI is InChI=1S/C26H27Cl2N5O2/c1-15(2)33-11-10-16-12-17(8-9-19(16)26(33,3)4)30-25-29-13-18-23(31-25)35-14-32(24(18)34)22-20(27)6-5-7-21(22)28/h5-9,12-13,15H,10-11,14H2,1-4H3,(H,29,30,31). The average molecular weight is 512 g/mol. The molecule has 0 unspecified atom stereocenters. The minimum absolute atomic E-state index is 0.0345. The predicted molar refractivity (Wildman–Crippen MR) is 139 cm³/mol. The molecule has 1 amide bonds. The van der Waals surface area contributed by atoms with Gasteiger partial charge in [-0.1, -0.05) is 35.3 Å². The van der Waals surface area contributed by atoms with Gasteiger partial charge < -0.3 is 10.1 Å². The van der Waals surface area contributed by atoms with Gasteiger partial charge in [0.05, 0.1) is 15.7 Å². The second kappa shape index (κ2) is 8.97. The molecular formula is C26H27Cl2N5O2. The topological polar surface area (TPSA) is 70.6 Å². The summed E-state index contributed by atoms with van der Waals surface area (Å²) < 4.78 is 5.79. The zero-order valence-corrected chi connectivity index (χ0v) is 21.6. The molecule has 3 aromatic rings. The Bertz CT molecular complexity index is 1290. The van der Waals surface area contributed by atoms with E-state index in [-0.39, 0.29) is 29.6 Å². The average Bonchev–Trinajstić information content (AvgIpc) is 2.80. The largest absolute Gasteiger partial charge is 0.455 e. The number of hydrogen-bond donors (Lipinski definition) is 1. The van der Waals surface area contributed by atoms with Gasteiger partial charge in [0, 0.05) is 30.0 Å². The number of amides is 1. The van der Waals surface area contributed by atoms with Crippen LogP contribution in [-0.2, 0) is 12.0 Å². The molecule has 1 N–H and O–H groups in total. The summed E-state index contributed by atoms with van der Waals surface area (Å²) in [5.74, 6) is 0.261. The molecule has 0 spiro atoms. The normalized spacial score (nSPS) is 17.1. The molecule has 0 radical (unpaired) electrons. The van der Waals surface area contributed by atoms with Crippen LogP contribution in [0.15, 0.2) is 42.6 Å². The molecule has 3 heterocycles. The monoisotopic (exact) mass is 511 g/mol. The fourth-order valence-corrected chi connectivity index (χ4v) is 5.71. The van der Waals surface area contributed by atoms with Crippen molar-refractivity contribution in [2.75, 3.05) is 23.5 Å². The van der Waals surface area contributed by atoms with Crippen molar-refractivity contribution in [3.05, 3.63) is 69.3 Å². The molecule has 0 bridgehead atoms. The highest BCUT2D eigenvalue weighted by molar-refractivity contribution is 6.40. The molecule has 0 aliphatic carbocycles. The van der Waals surface area contributed by atoms with Crippen LogP contribution in [0.3, 0.4) is 0 Å². The summed E-state index contributed by atoms with van der Waals surface area (Å²) >= 11 is 12.6. The van der Waals surface area contributed by atoms with Crippen molar-refractivity contribution >= 4 is 46.4 Å². The number of ether oxygens (including phenoxy) is 1. The van der Waals surface area contributed by atoms with E-state index in [9.17, 15) is 4.79 Å². The third-order valence-electron chi connectivity index (χ3n) is 6.75. The number of benzene rings is 2. The molecule has 9 heteroatoms. The van der Waals surface area contributed by atoms with E-state index in [1.807, 2.05) is 6.07 Å². The number of para-hydroxylation sites is 1. The molecular weight excluding hydrogens is 485 g/mol. The molecule has 1 aromatic heterocycles. The van der Waals surface area contributed by atoms with Crippen molar-refractivity contribution in [2.45, 2.75) is 45.7 Å². The first-order valence-electron chi connectivity index (χ1n) is 11.6. The van der Waals surface area contributed by atoms with Gasteiger partial charge in [0.1, 0.15) is 5.56 Å². The van der Waals surface area contributed by atoms with E-state index in [0.717, 1.165) is 18.7 Å². The number of anilines is 3. The zero-order valence-electron chi connectivity index (χ0n) is 20.1. The van der Waals surface area contributed by atoms with E-state index in [1.165, 1.54) is 22.2 Å². The van der Waals surface area contributed by atoms with Gasteiger partial charge in [0.2, 0.25) is 11.8 Å². The van der Waals surface area contributed by atoms with Gasteiger partial charge in [0.25, 0.3) is 5.91 Å². The molecule has 182 valence electrons. The number of halogens is 2. The maximum absolute atomic E-state index is 13.1. The summed E-state index contributed by atoms with van der Waals surface area (Å²) in [6, 6.07) is 11.9. The Labute approximate surface area is 215 Å². The maximum atomic E-state index is 13.1. The van der Waals surface area contributed by atoms with Crippen LogP contribution in [0.1, 0.15) is 49.2 Å². The number of nitrogens with one attached hydrogen (secondary N) is 1. The van der Waals surface area contributed by atoms with Gasteiger partial charge in [-0.3, -0.25) is 14.6 Å². The van der Waals surface area contributed by atoms with Crippen molar-refractivity contribution in [3.63, 3.8) is 0 Å². The smallest absolute Gasteiger partial charge is 0.268 e. The number of fused-ring (bicyclic) bond motifs is 2. The van der Waals surface area contributed by atoms with Gasteiger partial charge in [-0.05, 0) is 69.5 Å². The van der Waals surface area contributed by atoms with Crippen LogP contribution in [0, 0.1) is 0 Å². The van der Waals surface area contributed by atoms with E-state index in [1.54, 1.807) is 18.2 Å². The van der Waals surface area contributed by atoms with Crippen molar-refractivity contribution in [1.29, 1.82) is 0 Å². The second-order valence-corrected chi connectivity index (χ2v) is 10.4. The van der Waals surface area contributed by atoms with E-state index in [2.05, 4.69) is 60.0 Å². The third-order valence-corrected chi connectivity index (χ3v) is 7.36. The van der Waals surface area contributed by atoms with Crippen molar-refractivity contribution in [2.24, 2.45) is 0 Å². The Morgan fingerprint density at radius 3 is 2.60 bits per heavy atom. The first kappa shape index (κ1) is 23.9. The lowest BCUT2D eigenvalue weighted by molar-refractivity contribution is 0.0722. The Kier molecular flexibility index (Phi) is 6.11. The number of carbonyl (C=O) groups is 1. The predicted octanol–water partition coefficient (Wildman–Crippen LogP) is 6.03. The fourth-order valence-electron chi connectivity index (χ4n) is 5.11. The third kappa shape index (κ3) is 4.22. The van der Waals surface area contributed by atoms with Crippen LogP contribution in [-0.4, -0.2) is 40.1 Å². The SMILES string of the molecule is CC(C)N1CCc2cc(Nc3ncc4c(n3)OCN(c3c(Cl)cccc3Cl)C4=O)ccc2C1(C)C. The Morgan fingerprint density at radius 2 is 1.89 bits per heavy atom. The molecule has 35 heavy (non-hydrogen) atoms. The van der Waals surface area contributed by atoms with Crippen molar-refractivity contribution in [3.8, 4) is 5.88 Å². The summed E-state index contributed by atoms with van der Waals surface area (Å²) in [6.45, 7) is 10.00. The van der Waals surface area contributed by atoms with Gasteiger partial charge in [-0.15, -0.1) is 0 Å². The van der Waals surface area contributed by atoms with Crippen LogP contribution < -0.4 is 15.0 Å². The zero-order chi connectivity index (χ0) is 24.9. The van der Waals surface area contributed by atoms with Gasteiger partial charge in [0.15, 0.2) is 6.73 Å². The first-order chi connectivity index (χ1) is 16.7. The Hall–Kier alpha value is -2.87. The summed E-state index contributed by atoms with van der Waals surface area (Å²) in [6.07, 6.45) is 2.45. The van der Waals surface area contributed by atoms with E-state index >= 15 is 0 Å². The molecule has 0 saturated carbocycles. The molecule has 2 aromatic carbocycles. The van der Waals surface area contributed by atoms with Crippen LogP contribution in [0.25, 0.3) is 0 Å². The van der Waals surface area contributed by atoms with Crippen molar-refractivity contribution in [1.82, 2.24) is 14.9 Å². The molecule has 5 rings (SSSR count). The second-order valence-electron chi connectivity index (χ2n) is 9.58. The van der Waals surface area contributed by atoms with E-state index in [4.69, 9.17) is 27.9 Å². The lowest BCUT2D eigenvalue weighted by atomic mass is 9.82. The summed E-state index contributed by atoms with van der Waals surface area (Å²) in [5, 5.41) is 3.99. The highest BCUT2D eigenvalue weighted by Crippen LogP contribution is 2.39. The minimum Gasteiger partial charge on any atom is -0.455 e. The van der Waals surface area contributed by atoms with Gasteiger partial charge in [-0.25, -0.2) is 4.98 Å².